The molecule has 0 unspecified atom stereocenters. The fraction of sp³-hybridized carbons (Fsp3) is 0.588. The molecule has 0 spiro atoms. The summed E-state index contributed by atoms with van der Waals surface area (Å²) < 4.78 is 33.0. The molecular formula is C17H24N2O4S. The Morgan fingerprint density at radius 2 is 2.08 bits per heavy atom. The van der Waals surface area contributed by atoms with E-state index in [0.717, 1.165) is 24.9 Å². The Bertz CT molecular complexity index is 747. The number of benzene rings is 1. The van der Waals surface area contributed by atoms with Crippen molar-refractivity contribution in [3.8, 4) is 5.75 Å². The van der Waals surface area contributed by atoms with Crippen LogP contribution in [-0.2, 0) is 14.8 Å². The van der Waals surface area contributed by atoms with Crippen LogP contribution in [0.2, 0.25) is 0 Å². The summed E-state index contributed by atoms with van der Waals surface area (Å²) in [5.74, 6) is 0.594. The summed E-state index contributed by atoms with van der Waals surface area (Å²) in [6.07, 6.45) is 1.81. The normalized spacial score (nSPS) is 25.0. The van der Waals surface area contributed by atoms with Gasteiger partial charge in [-0.15, -0.1) is 0 Å². The minimum absolute atomic E-state index is 0.00673. The topological polar surface area (TPSA) is 66.9 Å². The molecule has 0 aliphatic carbocycles. The quantitative estimate of drug-likeness (QED) is 0.828. The van der Waals surface area contributed by atoms with Gasteiger partial charge in [0, 0.05) is 19.1 Å². The summed E-state index contributed by atoms with van der Waals surface area (Å²) in [6, 6.07) is 4.22. The third-order valence-electron chi connectivity index (χ3n) is 4.89. The molecule has 7 heteroatoms. The van der Waals surface area contributed by atoms with Crippen molar-refractivity contribution in [1.82, 2.24) is 9.21 Å². The largest absolute Gasteiger partial charge is 0.494 e. The minimum atomic E-state index is -3.71. The molecule has 0 aromatic heterocycles. The second-order valence-corrected chi connectivity index (χ2v) is 8.33. The Balaban J connectivity index is 1.92. The number of aryl methyl sites for hydroxylation is 1. The maximum absolute atomic E-state index is 13.1. The van der Waals surface area contributed by atoms with Gasteiger partial charge in [-0.3, -0.25) is 4.79 Å². The predicted molar refractivity (Wildman–Crippen MR) is 90.4 cm³/mol. The summed E-state index contributed by atoms with van der Waals surface area (Å²) in [5, 5.41) is 0. The van der Waals surface area contributed by atoms with Crippen molar-refractivity contribution in [1.29, 1.82) is 0 Å². The van der Waals surface area contributed by atoms with Crippen LogP contribution >= 0.6 is 0 Å². The second-order valence-electron chi connectivity index (χ2n) is 6.44. The molecule has 3 rings (SSSR count). The monoisotopic (exact) mass is 352 g/mol. The Kier molecular flexibility index (Phi) is 4.57. The molecule has 2 aliphatic rings. The third-order valence-corrected chi connectivity index (χ3v) is 6.83. The Labute approximate surface area is 143 Å². The summed E-state index contributed by atoms with van der Waals surface area (Å²) in [7, 11) is -3.71. The first-order chi connectivity index (χ1) is 11.4. The molecule has 1 amide bonds. The van der Waals surface area contributed by atoms with Gasteiger partial charge >= 0.3 is 0 Å². The molecule has 2 saturated heterocycles. The van der Waals surface area contributed by atoms with E-state index in [2.05, 4.69) is 0 Å². The van der Waals surface area contributed by atoms with Gasteiger partial charge in [0.2, 0.25) is 15.9 Å². The smallest absolute Gasteiger partial charge is 0.243 e. The number of hydrogen-bond acceptors (Lipinski definition) is 4. The Morgan fingerprint density at radius 3 is 2.75 bits per heavy atom. The number of ether oxygens (including phenoxy) is 1. The van der Waals surface area contributed by atoms with Gasteiger partial charge in [-0.25, -0.2) is 8.42 Å². The number of sulfonamides is 1. The fourth-order valence-electron chi connectivity index (χ4n) is 3.59. The lowest BCUT2D eigenvalue weighted by molar-refractivity contribution is -0.139. The molecule has 24 heavy (non-hydrogen) atoms. The van der Waals surface area contributed by atoms with Gasteiger partial charge in [-0.05, 0) is 57.4 Å². The molecule has 0 N–H and O–H groups in total. The maximum Gasteiger partial charge on any atom is 0.243 e. The summed E-state index contributed by atoms with van der Waals surface area (Å²) in [4.78, 5) is 14.6. The average molecular weight is 352 g/mol. The first kappa shape index (κ1) is 17.2. The van der Waals surface area contributed by atoms with E-state index in [9.17, 15) is 13.2 Å². The molecule has 132 valence electrons. The number of carbonyl (C=O) groups is 1. The van der Waals surface area contributed by atoms with Gasteiger partial charge in [-0.1, -0.05) is 0 Å². The SMILES string of the molecule is CCOc1ccc(S(=O)(=O)N2C[C@H]3CCCN3C(=O)[C@@H]2C)cc1C. The molecule has 2 heterocycles. The lowest BCUT2D eigenvalue weighted by Gasteiger charge is -2.40. The molecule has 0 radical (unpaired) electrons. The zero-order chi connectivity index (χ0) is 17.5. The van der Waals surface area contributed by atoms with E-state index in [1.807, 2.05) is 18.7 Å². The van der Waals surface area contributed by atoms with Crippen molar-refractivity contribution in [2.45, 2.75) is 50.6 Å². The first-order valence-corrected chi connectivity index (χ1v) is 9.86. The summed E-state index contributed by atoms with van der Waals surface area (Å²) in [5.41, 5.74) is 0.774. The van der Waals surface area contributed by atoms with E-state index < -0.39 is 16.1 Å². The third kappa shape index (κ3) is 2.80. The number of piperazine rings is 1. The van der Waals surface area contributed by atoms with Gasteiger partial charge in [-0.2, -0.15) is 4.31 Å². The van der Waals surface area contributed by atoms with Gasteiger partial charge in [0.25, 0.3) is 0 Å². The van der Waals surface area contributed by atoms with Crippen LogP contribution in [0.25, 0.3) is 0 Å². The van der Waals surface area contributed by atoms with Gasteiger partial charge < -0.3 is 9.64 Å². The van der Waals surface area contributed by atoms with Crippen molar-refractivity contribution in [3.63, 3.8) is 0 Å². The molecule has 6 nitrogen and oxygen atoms in total. The highest BCUT2D eigenvalue weighted by molar-refractivity contribution is 7.89. The van der Waals surface area contributed by atoms with Crippen LogP contribution in [0.15, 0.2) is 23.1 Å². The molecule has 2 atom stereocenters. The van der Waals surface area contributed by atoms with Crippen LogP contribution in [-0.4, -0.2) is 55.3 Å². The highest BCUT2D eigenvalue weighted by Gasteiger charge is 2.45. The molecule has 2 fully saturated rings. The van der Waals surface area contributed by atoms with Gasteiger partial charge in [0.05, 0.1) is 11.5 Å². The Hall–Kier alpha value is -1.60. The van der Waals surface area contributed by atoms with Gasteiger partial charge in [0.1, 0.15) is 11.8 Å². The molecule has 1 aromatic carbocycles. The first-order valence-electron chi connectivity index (χ1n) is 8.42. The van der Waals surface area contributed by atoms with E-state index in [4.69, 9.17) is 4.74 Å². The van der Waals surface area contributed by atoms with Crippen LogP contribution in [0.4, 0.5) is 0 Å². The number of hydrogen-bond donors (Lipinski definition) is 0. The number of fused-ring (bicyclic) bond motifs is 1. The molecular weight excluding hydrogens is 328 g/mol. The summed E-state index contributed by atoms with van der Waals surface area (Å²) in [6.45, 7) is 7.04. The number of rotatable bonds is 4. The maximum atomic E-state index is 13.1. The van der Waals surface area contributed by atoms with E-state index in [-0.39, 0.29) is 16.8 Å². The second kappa shape index (κ2) is 6.37. The van der Waals surface area contributed by atoms with Gasteiger partial charge in [0.15, 0.2) is 0 Å². The molecule has 0 bridgehead atoms. The molecule has 2 aliphatic heterocycles. The zero-order valence-corrected chi connectivity index (χ0v) is 15.2. The minimum Gasteiger partial charge on any atom is -0.494 e. The summed E-state index contributed by atoms with van der Waals surface area (Å²) >= 11 is 0. The average Bonchev–Trinajstić information content (AvgIpc) is 3.01. The van der Waals surface area contributed by atoms with Crippen molar-refractivity contribution in [2.24, 2.45) is 0 Å². The lowest BCUT2D eigenvalue weighted by Crippen LogP contribution is -2.59. The molecule has 0 saturated carbocycles. The highest BCUT2D eigenvalue weighted by Crippen LogP contribution is 2.31. The van der Waals surface area contributed by atoms with Crippen molar-refractivity contribution in [3.05, 3.63) is 23.8 Å². The zero-order valence-electron chi connectivity index (χ0n) is 14.4. The van der Waals surface area contributed by atoms with E-state index in [1.165, 1.54) is 4.31 Å². The van der Waals surface area contributed by atoms with E-state index in [0.29, 0.717) is 18.9 Å². The van der Waals surface area contributed by atoms with Crippen LogP contribution in [0, 0.1) is 6.92 Å². The van der Waals surface area contributed by atoms with Crippen LogP contribution in [0.1, 0.15) is 32.3 Å². The van der Waals surface area contributed by atoms with Crippen molar-refractivity contribution in [2.75, 3.05) is 19.7 Å². The van der Waals surface area contributed by atoms with Crippen molar-refractivity contribution >= 4 is 15.9 Å². The standard InChI is InChI=1S/C17H24N2O4S/c1-4-23-16-8-7-15(10-12(16)2)24(21,22)19-11-14-6-5-9-18(14)17(20)13(19)3/h7-8,10,13-14H,4-6,9,11H2,1-3H3/t13-,14+/m0/s1. The highest BCUT2D eigenvalue weighted by atomic mass is 32.2. The van der Waals surface area contributed by atoms with Crippen LogP contribution in [0.3, 0.4) is 0 Å². The van der Waals surface area contributed by atoms with E-state index in [1.54, 1.807) is 25.1 Å². The fourth-order valence-corrected chi connectivity index (χ4v) is 5.30. The Morgan fingerprint density at radius 1 is 1.33 bits per heavy atom. The van der Waals surface area contributed by atoms with Crippen LogP contribution in [0.5, 0.6) is 5.75 Å². The predicted octanol–water partition coefficient (Wildman–Crippen LogP) is 1.78. The number of amides is 1. The lowest BCUT2D eigenvalue weighted by atomic mass is 10.1. The number of nitrogens with zero attached hydrogens (tertiary/aromatic N) is 2. The van der Waals surface area contributed by atoms with Crippen molar-refractivity contribution < 1.29 is 17.9 Å². The molecule has 1 aromatic rings. The van der Waals surface area contributed by atoms with Crippen LogP contribution < -0.4 is 4.74 Å². The van der Waals surface area contributed by atoms with E-state index >= 15 is 0 Å². The number of carbonyl (C=O) groups excluding carboxylic acids is 1.